The van der Waals surface area contributed by atoms with E-state index < -0.39 is 0 Å². The largest absolute Gasteiger partial charge is 0.403 e. The molecule has 7 nitrogen and oxygen atoms in total. The first-order valence-corrected chi connectivity index (χ1v) is 9.07. The van der Waals surface area contributed by atoms with E-state index in [1.54, 1.807) is 30.5 Å². The van der Waals surface area contributed by atoms with Gasteiger partial charge in [0, 0.05) is 29.3 Å². The fraction of sp³-hybridized carbons (Fsp3) is 0.0909. The molecule has 0 radical (unpaired) electrons. The van der Waals surface area contributed by atoms with Crippen molar-refractivity contribution >= 4 is 23.3 Å². The molecule has 2 aromatic heterocycles. The van der Waals surface area contributed by atoms with E-state index in [2.05, 4.69) is 31.9 Å². The molecule has 0 saturated heterocycles. The molecule has 7 heteroatoms. The number of hydrogen-bond acceptors (Lipinski definition) is 6. The van der Waals surface area contributed by atoms with Crippen LogP contribution >= 0.6 is 0 Å². The molecule has 2 aromatic carbocycles. The number of hydrogen-bond donors (Lipinski definition) is 2. The Morgan fingerprint density at radius 2 is 1.69 bits per heavy atom. The van der Waals surface area contributed by atoms with Gasteiger partial charge in [0.05, 0.1) is 5.56 Å². The third-order valence-electron chi connectivity index (χ3n) is 4.21. The van der Waals surface area contributed by atoms with Gasteiger partial charge in [0.2, 0.25) is 5.89 Å². The quantitative estimate of drug-likeness (QED) is 0.515. The zero-order chi connectivity index (χ0) is 20.2. The zero-order valence-corrected chi connectivity index (χ0v) is 16.0. The molecule has 0 unspecified atom stereocenters. The number of amides is 1. The van der Waals surface area contributed by atoms with Gasteiger partial charge in [0.15, 0.2) is 0 Å². The lowest BCUT2D eigenvalue weighted by molar-refractivity contribution is 0.102. The molecule has 0 aliphatic carbocycles. The van der Waals surface area contributed by atoms with Crippen molar-refractivity contribution in [3.05, 3.63) is 83.7 Å². The minimum absolute atomic E-state index is 0.219. The number of nitrogens with zero attached hydrogens (tertiary/aromatic N) is 3. The van der Waals surface area contributed by atoms with Crippen molar-refractivity contribution in [3.8, 4) is 11.5 Å². The van der Waals surface area contributed by atoms with Gasteiger partial charge in [-0.2, -0.15) is 0 Å². The maximum absolute atomic E-state index is 12.2. The summed E-state index contributed by atoms with van der Waals surface area (Å²) < 4.78 is 5.71. The summed E-state index contributed by atoms with van der Waals surface area (Å²) in [5.41, 5.74) is 5.11. The van der Waals surface area contributed by atoms with Gasteiger partial charge in [-0.1, -0.05) is 11.2 Å². The normalized spacial score (nSPS) is 10.6. The van der Waals surface area contributed by atoms with Crippen LogP contribution in [0, 0.1) is 13.8 Å². The van der Waals surface area contributed by atoms with Crippen LogP contribution in [0.1, 0.15) is 21.5 Å². The van der Waals surface area contributed by atoms with Crippen molar-refractivity contribution in [1.82, 2.24) is 15.2 Å². The summed E-state index contributed by atoms with van der Waals surface area (Å²) in [5, 5.41) is 14.1. The van der Waals surface area contributed by atoms with Crippen LogP contribution in [0.2, 0.25) is 0 Å². The summed E-state index contributed by atoms with van der Waals surface area (Å²) in [7, 11) is 0. The standard InChI is InChI=1S/C22H19N5O2/c1-14-10-15(2)12-19(11-14)25-22-27-26-21(29-22)16-5-7-18(8-6-16)24-20(28)17-4-3-9-23-13-17/h3-13H,1-2H3,(H,24,28)(H,25,27). The Kier molecular flexibility index (Phi) is 5.03. The first-order chi connectivity index (χ1) is 14.1. The van der Waals surface area contributed by atoms with E-state index in [1.807, 2.05) is 38.1 Å². The minimum Gasteiger partial charge on any atom is -0.403 e. The molecule has 0 bridgehead atoms. The SMILES string of the molecule is Cc1cc(C)cc(Nc2nnc(-c3ccc(NC(=O)c4cccnc4)cc3)o2)c1. The molecule has 1 amide bonds. The smallest absolute Gasteiger partial charge is 0.320 e. The molecule has 0 fully saturated rings. The predicted molar refractivity (Wildman–Crippen MR) is 111 cm³/mol. The van der Waals surface area contributed by atoms with Crippen molar-refractivity contribution in [3.63, 3.8) is 0 Å². The zero-order valence-electron chi connectivity index (χ0n) is 16.0. The Labute approximate surface area is 167 Å². The van der Waals surface area contributed by atoms with Gasteiger partial charge in [-0.05, 0) is 73.5 Å². The average Bonchev–Trinajstić information content (AvgIpc) is 3.17. The number of carbonyl (C=O) groups excluding carboxylic acids is 1. The Hall–Kier alpha value is -4.00. The second-order valence-corrected chi connectivity index (χ2v) is 6.69. The van der Waals surface area contributed by atoms with Gasteiger partial charge in [-0.15, -0.1) is 5.10 Å². The lowest BCUT2D eigenvalue weighted by Crippen LogP contribution is -2.11. The number of rotatable bonds is 5. The highest BCUT2D eigenvalue weighted by Gasteiger charge is 2.10. The number of benzene rings is 2. The lowest BCUT2D eigenvalue weighted by atomic mass is 10.1. The van der Waals surface area contributed by atoms with Gasteiger partial charge >= 0.3 is 6.01 Å². The molecule has 4 rings (SSSR count). The summed E-state index contributed by atoms with van der Waals surface area (Å²) in [6.07, 6.45) is 3.14. The molecule has 0 atom stereocenters. The molecule has 0 aliphatic rings. The van der Waals surface area contributed by atoms with Gasteiger partial charge < -0.3 is 15.1 Å². The van der Waals surface area contributed by atoms with Gasteiger partial charge in [-0.25, -0.2) is 0 Å². The molecule has 0 aliphatic heterocycles. The Bertz CT molecular complexity index is 1120. The number of aromatic nitrogens is 3. The number of anilines is 3. The Balaban J connectivity index is 1.45. The van der Waals surface area contributed by atoms with Crippen LogP contribution in [0.25, 0.3) is 11.5 Å². The number of nitrogens with one attached hydrogen (secondary N) is 2. The number of aryl methyl sites for hydroxylation is 2. The summed E-state index contributed by atoms with van der Waals surface area (Å²) in [6.45, 7) is 4.07. The molecule has 2 heterocycles. The van der Waals surface area contributed by atoms with Crippen molar-refractivity contribution in [2.75, 3.05) is 10.6 Å². The van der Waals surface area contributed by atoms with Crippen molar-refractivity contribution < 1.29 is 9.21 Å². The highest BCUT2D eigenvalue weighted by atomic mass is 16.4. The van der Waals surface area contributed by atoms with E-state index in [0.717, 1.165) is 22.4 Å². The van der Waals surface area contributed by atoms with E-state index in [-0.39, 0.29) is 5.91 Å². The fourth-order valence-corrected chi connectivity index (χ4v) is 2.96. The van der Waals surface area contributed by atoms with E-state index in [0.29, 0.717) is 23.2 Å². The molecule has 144 valence electrons. The maximum atomic E-state index is 12.2. The number of pyridine rings is 1. The van der Waals surface area contributed by atoms with Crippen LogP contribution in [0.15, 0.2) is 71.4 Å². The highest BCUT2D eigenvalue weighted by molar-refractivity contribution is 6.04. The molecule has 0 saturated carbocycles. The van der Waals surface area contributed by atoms with Crippen molar-refractivity contribution in [2.24, 2.45) is 0 Å². The third-order valence-corrected chi connectivity index (χ3v) is 4.21. The highest BCUT2D eigenvalue weighted by Crippen LogP contribution is 2.24. The molecular formula is C22H19N5O2. The van der Waals surface area contributed by atoms with E-state index in [1.165, 1.54) is 6.20 Å². The second kappa shape index (κ2) is 7.93. The van der Waals surface area contributed by atoms with Gasteiger partial charge in [0.25, 0.3) is 5.91 Å². The first-order valence-electron chi connectivity index (χ1n) is 9.07. The Morgan fingerprint density at radius 3 is 2.38 bits per heavy atom. The summed E-state index contributed by atoms with van der Waals surface area (Å²) in [5.74, 6) is 0.172. The molecule has 4 aromatic rings. The van der Waals surface area contributed by atoms with Crippen LogP contribution in [0.4, 0.5) is 17.4 Å². The van der Waals surface area contributed by atoms with Crippen LogP contribution in [0.3, 0.4) is 0 Å². The predicted octanol–water partition coefficient (Wildman–Crippen LogP) is 4.74. The van der Waals surface area contributed by atoms with Crippen LogP contribution < -0.4 is 10.6 Å². The second-order valence-electron chi connectivity index (χ2n) is 6.69. The van der Waals surface area contributed by atoms with E-state index >= 15 is 0 Å². The maximum Gasteiger partial charge on any atom is 0.320 e. The summed E-state index contributed by atoms with van der Waals surface area (Å²) in [6, 6.07) is 17.1. The molecule has 29 heavy (non-hydrogen) atoms. The lowest BCUT2D eigenvalue weighted by Gasteiger charge is -2.05. The minimum atomic E-state index is -0.219. The number of carbonyl (C=O) groups is 1. The van der Waals surface area contributed by atoms with Crippen LogP contribution in [-0.2, 0) is 0 Å². The van der Waals surface area contributed by atoms with Crippen LogP contribution in [-0.4, -0.2) is 21.1 Å². The van der Waals surface area contributed by atoms with Gasteiger partial charge in [-0.3, -0.25) is 9.78 Å². The van der Waals surface area contributed by atoms with Crippen molar-refractivity contribution in [2.45, 2.75) is 13.8 Å². The molecule has 2 N–H and O–H groups in total. The monoisotopic (exact) mass is 385 g/mol. The third kappa shape index (κ3) is 4.47. The molecular weight excluding hydrogens is 366 g/mol. The van der Waals surface area contributed by atoms with E-state index in [4.69, 9.17) is 4.42 Å². The molecule has 0 spiro atoms. The van der Waals surface area contributed by atoms with Crippen LogP contribution in [0.5, 0.6) is 0 Å². The topological polar surface area (TPSA) is 92.9 Å². The van der Waals surface area contributed by atoms with Gasteiger partial charge in [0.1, 0.15) is 0 Å². The first kappa shape index (κ1) is 18.4. The van der Waals surface area contributed by atoms with Crippen molar-refractivity contribution in [1.29, 1.82) is 0 Å². The summed E-state index contributed by atoms with van der Waals surface area (Å²) >= 11 is 0. The Morgan fingerprint density at radius 1 is 0.931 bits per heavy atom. The fourth-order valence-electron chi connectivity index (χ4n) is 2.96. The summed E-state index contributed by atoms with van der Waals surface area (Å²) in [4.78, 5) is 16.1. The van der Waals surface area contributed by atoms with E-state index in [9.17, 15) is 4.79 Å². The average molecular weight is 385 g/mol.